The highest BCUT2D eigenvalue weighted by molar-refractivity contribution is 7.19. The average molecular weight is 370 g/mol. The van der Waals surface area contributed by atoms with E-state index in [1.807, 2.05) is 0 Å². The number of carbonyl (C=O) groups is 1. The van der Waals surface area contributed by atoms with Gasteiger partial charge in [-0.2, -0.15) is 18.3 Å². The standard InChI is InChI=1S/C15H10F4N4OS/c1-23-10(6-11(22-23)15(17,18)19)14-20-7-12(25-14)21-13(24)8-4-2-3-5-9(8)16/h2-7H,1H3,(H,21,24). The van der Waals surface area contributed by atoms with Crippen LogP contribution >= 0.6 is 11.3 Å². The first-order chi connectivity index (χ1) is 11.8. The number of benzene rings is 1. The van der Waals surface area contributed by atoms with Crippen LogP contribution in [0.2, 0.25) is 0 Å². The maximum atomic E-state index is 13.6. The molecule has 10 heteroatoms. The van der Waals surface area contributed by atoms with E-state index in [2.05, 4.69) is 15.4 Å². The van der Waals surface area contributed by atoms with Gasteiger partial charge in [-0.3, -0.25) is 9.48 Å². The first kappa shape index (κ1) is 17.1. The SMILES string of the molecule is Cn1nc(C(F)(F)F)cc1-c1ncc(NC(=O)c2ccccc2F)s1. The van der Waals surface area contributed by atoms with E-state index < -0.39 is 23.6 Å². The van der Waals surface area contributed by atoms with Crippen LogP contribution in [0.3, 0.4) is 0 Å². The van der Waals surface area contributed by atoms with Gasteiger partial charge in [0.05, 0.1) is 17.5 Å². The third-order valence-corrected chi connectivity index (χ3v) is 4.19. The lowest BCUT2D eigenvalue weighted by Gasteiger charge is -2.02. The second-order valence-electron chi connectivity index (χ2n) is 5.00. The first-order valence-electron chi connectivity index (χ1n) is 6.89. The molecule has 0 saturated heterocycles. The topological polar surface area (TPSA) is 59.8 Å². The van der Waals surface area contributed by atoms with Gasteiger partial charge in [-0.05, 0) is 18.2 Å². The number of alkyl halides is 3. The van der Waals surface area contributed by atoms with Gasteiger partial charge in [-0.15, -0.1) is 0 Å². The second kappa shape index (κ2) is 6.28. The van der Waals surface area contributed by atoms with Crippen molar-refractivity contribution in [3.05, 3.63) is 53.6 Å². The number of aryl methyl sites for hydroxylation is 1. The molecule has 25 heavy (non-hydrogen) atoms. The Hall–Kier alpha value is -2.75. The van der Waals surface area contributed by atoms with Crippen molar-refractivity contribution >= 4 is 22.2 Å². The molecule has 130 valence electrons. The van der Waals surface area contributed by atoms with Crippen LogP contribution in [0.15, 0.2) is 36.5 Å². The fourth-order valence-corrected chi connectivity index (χ4v) is 2.94. The molecule has 0 bridgehead atoms. The van der Waals surface area contributed by atoms with E-state index in [0.29, 0.717) is 0 Å². The van der Waals surface area contributed by atoms with Crippen LogP contribution in [0.1, 0.15) is 16.1 Å². The lowest BCUT2D eigenvalue weighted by molar-refractivity contribution is -0.141. The van der Waals surface area contributed by atoms with Gasteiger partial charge in [0.15, 0.2) is 5.69 Å². The maximum absolute atomic E-state index is 13.6. The van der Waals surface area contributed by atoms with Crippen molar-refractivity contribution in [2.75, 3.05) is 5.32 Å². The van der Waals surface area contributed by atoms with Crippen LogP contribution in [-0.2, 0) is 13.2 Å². The number of amides is 1. The number of thiazole rings is 1. The van der Waals surface area contributed by atoms with Crippen LogP contribution in [-0.4, -0.2) is 20.7 Å². The third kappa shape index (κ3) is 3.53. The molecule has 0 unspecified atom stereocenters. The molecule has 2 heterocycles. The highest BCUT2D eigenvalue weighted by Gasteiger charge is 2.35. The maximum Gasteiger partial charge on any atom is 0.435 e. The van der Waals surface area contributed by atoms with E-state index in [-0.39, 0.29) is 21.3 Å². The Morgan fingerprint density at radius 3 is 2.64 bits per heavy atom. The predicted octanol–water partition coefficient (Wildman–Crippen LogP) is 3.95. The normalized spacial score (nSPS) is 11.6. The second-order valence-corrected chi connectivity index (χ2v) is 6.03. The van der Waals surface area contributed by atoms with Crippen LogP contribution in [0, 0.1) is 5.82 Å². The van der Waals surface area contributed by atoms with Gasteiger partial charge in [0, 0.05) is 7.05 Å². The zero-order valence-corrected chi connectivity index (χ0v) is 13.5. The summed E-state index contributed by atoms with van der Waals surface area (Å²) in [7, 11) is 1.36. The molecule has 1 amide bonds. The third-order valence-electron chi connectivity index (χ3n) is 3.25. The minimum absolute atomic E-state index is 0.141. The van der Waals surface area contributed by atoms with Gasteiger partial charge >= 0.3 is 6.18 Å². The molecule has 3 rings (SSSR count). The van der Waals surface area contributed by atoms with Crippen molar-refractivity contribution < 1.29 is 22.4 Å². The summed E-state index contributed by atoms with van der Waals surface area (Å²) in [4.78, 5) is 16.0. The van der Waals surface area contributed by atoms with E-state index in [1.165, 1.54) is 31.4 Å². The summed E-state index contributed by atoms with van der Waals surface area (Å²) >= 11 is 0.959. The number of aromatic nitrogens is 3. The number of rotatable bonds is 3. The average Bonchev–Trinajstić information content (AvgIpc) is 3.13. The Bertz CT molecular complexity index is 932. The van der Waals surface area contributed by atoms with E-state index >= 15 is 0 Å². The van der Waals surface area contributed by atoms with Gasteiger partial charge in [0.1, 0.15) is 15.8 Å². The quantitative estimate of drug-likeness (QED) is 0.710. The van der Waals surface area contributed by atoms with Crippen LogP contribution < -0.4 is 5.32 Å². The molecular weight excluding hydrogens is 360 g/mol. The summed E-state index contributed by atoms with van der Waals surface area (Å²) < 4.78 is 52.8. The number of carbonyl (C=O) groups excluding carboxylic acids is 1. The van der Waals surface area contributed by atoms with Crippen LogP contribution in [0.5, 0.6) is 0 Å². The largest absolute Gasteiger partial charge is 0.435 e. The van der Waals surface area contributed by atoms with Crippen molar-refractivity contribution in [3.63, 3.8) is 0 Å². The van der Waals surface area contributed by atoms with Crippen molar-refractivity contribution in [2.45, 2.75) is 6.18 Å². The highest BCUT2D eigenvalue weighted by Crippen LogP contribution is 2.34. The number of nitrogens with zero attached hydrogens (tertiary/aromatic N) is 3. The predicted molar refractivity (Wildman–Crippen MR) is 83.7 cm³/mol. The summed E-state index contributed by atoms with van der Waals surface area (Å²) in [5.41, 5.74) is -1.02. The Balaban J connectivity index is 1.83. The Morgan fingerprint density at radius 2 is 2.00 bits per heavy atom. The lowest BCUT2D eigenvalue weighted by Crippen LogP contribution is -2.12. The smallest absolute Gasteiger partial charge is 0.312 e. The van der Waals surface area contributed by atoms with Gasteiger partial charge in [0.2, 0.25) is 0 Å². The molecule has 0 aliphatic carbocycles. The van der Waals surface area contributed by atoms with Gasteiger partial charge in [-0.25, -0.2) is 9.37 Å². The Kier molecular flexibility index (Phi) is 4.29. The molecule has 0 fully saturated rings. The van der Waals surface area contributed by atoms with Crippen molar-refractivity contribution in [1.82, 2.24) is 14.8 Å². The number of anilines is 1. The molecule has 0 radical (unpaired) electrons. The summed E-state index contributed by atoms with van der Waals surface area (Å²) in [6.45, 7) is 0. The number of hydrogen-bond acceptors (Lipinski definition) is 4. The fraction of sp³-hybridized carbons (Fsp3) is 0.133. The molecule has 2 aromatic heterocycles. The monoisotopic (exact) mass is 370 g/mol. The van der Waals surface area contributed by atoms with Gasteiger partial charge in [0.25, 0.3) is 5.91 Å². The highest BCUT2D eigenvalue weighted by atomic mass is 32.1. The minimum atomic E-state index is -4.56. The summed E-state index contributed by atoms with van der Waals surface area (Å²) in [6, 6.07) is 6.33. The van der Waals surface area contributed by atoms with E-state index in [0.717, 1.165) is 28.2 Å². The van der Waals surface area contributed by atoms with E-state index in [1.54, 1.807) is 0 Å². The number of hydrogen-bond donors (Lipinski definition) is 1. The molecule has 3 aromatic rings. The van der Waals surface area contributed by atoms with E-state index in [4.69, 9.17) is 0 Å². The number of halogens is 4. The lowest BCUT2D eigenvalue weighted by atomic mass is 10.2. The zero-order chi connectivity index (χ0) is 18.2. The van der Waals surface area contributed by atoms with Crippen molar-refractivity contribution in [1.29, 1.82) is 0 Å². The summed E-state index contributed by atoms with van der Waals surface area (Å²) in [6.07, 6.45) is -3.27. The molecule has 0 aliphatic heterocycles. The van der Waals surface area contributed by atoms with E-state index in [9.17, 15) is 22.4 Å². The Labute approximate surface area is 142 Å². The number of nitrogens with one attached hydrogen (secondary N) is 1. The molecule has 0 saturated carbocycles. The first-order valence-corrected chi connectivity index (χ1v) is 7.70. The summed E-state index contributed by atoms with van der Waals surface area (Å²) in [5, 5.41) is 6.40. The Morgan fingerprint density at radius 1 is 1.28 bits per heavy atom. The molecule has 1 N–H and O–H groups in total. The molecular formula is C15H10F4N4OS. The molecule has 0 spiro atoms. The molecule has 1 aromatic carbocycles. The van der Waals surface area contributed by atoms with Gasteiger partial charge < -0.3 is 5.32 Å². The van der Waals surface area contributed by atoms with Crippen molar-refractivity contribution in [2.24, 2.45) is 7.05 Å². The summed E-state index contributed by atoms with van der Waals surface area (Å²) in [5.74, 6) is -1.35. The van der Waals surface area contributed by atoms with Crippen LogP contribution in [0.25, 0.3) is 10.7 Å². The van der Waals surface area contributed by atoms with Crippen molar-refractivity contribution in [3.8, 4) is 10.7 Å². The minimum Gasteiger partial charge on any atom is -0.312 e. The molecule has 0 atom stereocenters. The zero-order valence-electron chi connectivity index (χ0n) is 12.6. The molecule has 0 aliphatic rings. The van der Waals surface area contributed by atoms with Gasteiger partial charge in [-0.1, -0.05) is 23.5 Å². The molecule has 5 nitrogen and oxygen atoms in total. The fourth-order valence-electron chi connectivity index (χ4n) is 2.08. The van der Waals surface area contributed by atoms with Crippen LogP contribution in [0.4, 0.5) is 22.6 Å².